The minimum Gasteiger partial charge on any atom is -0.248 e. The van der Waals surface area contributed by atoms with Crippen LogP contribution in [0.5, 0.6) is 0 Å². The number of para-hydroxylation sites is 4. The van der Waals surface area contributed by atoms with Crippen molar-refractivity contribution >= 4 is 214 Å². The van der Waals surface area contributed by atoms with Gasteiger partial charge in [0.2, 0.25) is 0 Å². The summed E-state index contributed by atoms with van der Waals surface area (Å²) in [4.78, 5) is 55.9. The maximum atomic E-state index is 5.99. The summed E-state index contributed by atoms with van der Waals surface area (Å²) in [7, 11) is 7.36. The number of rotatable bonds is 11. The van der Waals surface area contributed by atoms with Gasteiger partial charge in [-0.3, -0.25) is 0 Å². The lowest BCUT2D eigenvalue weighted by Crippen LogP contribution is -2.41. The van der Waals surface area contributed by atoms with Gasteiger partial charge in [-0.05, 0) is 125 Å². The molecule has 0 saturated carbocycles. The van der Waals surface area contributed by atoms with E-state index in [-0.39, 0.29) is 8.56 Å². The fourth-order valence-electron chi connectivity index (χ4n) is 15.4. The standard InChI is InChI=1S/C54H34N8.C24H14Br2N2.C21H22N4O2.S7.S2.6H2/c1-5-17-35(18-6-1)49-55-50(36-19-7-2-8-20-36)58-53(57-49)39-29-31-47-43(33-39)41-25-13-15-27-45(41)61(47)62-46-28-16-14-26-42(46)44-34-40(30-32-48(44)62)54-59-51(37-21-9-3-10-22-37)56-52(60-54)38-23-11-4-12-24-38;25-15-9-11-23-19(13-15)17-5-1-3-7-21(17)27(23)28-22-8-4-2-6-18(22)20-14-16(26)10-12-24(20)28;1-20(2)21(3,4)27-25(26-20)19-23-17(15-11-7-5-8-12-15)22-18(24-19)16-13-9-6-10-14-16;1-3-5-7-6-4-2;1-2;;;;;;/h1-34H;1-14H;5-14H,1-4H3;;;6*1H. The van der Waals surface area contributed by atoms with Crippen LogP contribution in [-0.4, -0.2) is 74.8 Å². The Balaban J connectivity index is 0.000000187. The van der Waals surface area contributed by atoms with Gasteiger partial charge in [0.05, 0.1) is 44.1 Å². The Morgan fingerprint density at radius 2 is 0.460 bits per heavy atom. The molecule has 0 atom stereocenters. The van der Waals surface area contributed by atoms with E-state index >= 15 is 0 Å². The van der Waals surface area contributed by atoms with Crippen LogP contribution in [0.1, 0.15) is 36.3 Å². The summed E-state index contributed by atoms with van der Waals surface area (Å²) in [5.74, 6) is 5.20. The molecule has 0 N–H and O–H groups in total. The van der Waals surface area contributed by atoms with Crippen molar-refractivity contribution in [3.8, 4) is 91.1 Å². The molecule has 22 rings (SSSR count). The minimum atomic E-state index is -0.528. The Labute approximate surface area is 784 Å². The highest BCUT2D eigenvalue weighted by Crippen LogP contribution is 2.43. The number of aromatic nitrogens is 13. The first-order valence-corrected chi connectivity index (χ1v) is 50.7. The van der Waals surface area contributed by atoms with E-state index in [0.29, 0.717) is 52.5 Å². The molecule has 7 aromatic heterocycles. The van der Waals surface area contributed by atoms with Gasteiger partial charge < -0.3 is 0 Å². The predicted molar refractivity (Wildman–Crippen MR) is 557 cm³/mol. The van der Waals surface area contributed by atoms with Crippen molar-refractivity contribution in [3.05, 3.63) is 361 Å². The Kier molecular flexibility index (Phi) is 25.3. The van der Waals surface area contributed by atoms with E-state index in [1.807, 2.05) is 210 Å². The summed E-state index contributed by atoms with van der Waals surface area (Å²) in [6.45, 7) is 7.91. The topological polar surface area (TPSA) is 157 Å². The Bertz CT molecular complexity index is 7390. The Morgan fingerprint density at radius 1 is 0.246 bits per heavy atom. The molecule has 0 amide bonds. The molecule has 14 aromatic carbocycles. The van der Waals surface area contributed by atoms with Crippen LogP contribution in [0.25, 0.3) is 178 Å². The third-order valence-electron chi connectivity index (χ3n) is 21.9. The molecule has 1 aliphatic heterocycles. The van der Waals surface area contributed by atoms with Crippen LogP contribution < -0.4 is 5.23 Å². The molecule has 0 bridgehead atoms. The first-order valence-electron chi connectivity index (χ1n) is 39.7. The summed E-state index contributed by atoms with van der Waals surface area (Å²) < 4.78 is 11.5. The van der Waals surface area contributed by atoms with Gasteiger partial charge in [-0.15, -0.1) is 0 Å². The van der Waals surface area contributed by atoms with Gasteiger partial charge in [-0.1, -0.05) is 292 Å². The first kappa shape index (κ1) is 84.8. The van der Waals surface area contributed by atoms with E-state index in [0.717, 1.165) is 97.1 Å². The van der Waals surface area contributed by atoms with Gasteiger partial charge in [-0.25, -0.2) is 63.3 Å². The summed E-state index contributed by atoms with van der Waals surface area (Å²) in [5, 5.41) is 10.7. The molecule has 0 unspecified atom stereocenters. The Morgan fingerprint density at radius 3 is 0.722 bits per heavy atom. The lowest BCUT2D eigenvalue weighted by Gasteiger charge is -2.26. The van der Waals surface area contributed by atoms with Gasteiger partial charge in [0.15, 0.2) is 46.6 Å². The van der Waals surface area contributed by atoms with Crippen molar-refractivity contribution in [1.82, 2.24) is 63.6 Å². The fraction of sp³-hybridized carbons (Fsp3) is 0.0606. The molecular formula is C99H82Br2N14O2S9. The lowest BCUT2D eigenvalue weighted by molar-refractivity contribution is -0.0312. The number of benzene rings is 14. The van der Waals surface area contributed by atoms with Crippen molar-refractivity contribution < 1.29 is 18.2 Å². The quantitative estimate of drug-likeness (QED) is 0.120. The van der Waals surface area contributed by atoms with E-state index in [4.69, 9.17) is 39.6 Å². The smallest absolute Gasteiger partial charge is 0.248 e. The van der Waals surface area contributed by atoms with Crippen molar-refractivity contribution in [1.29, 1.82) is 0 Å². The second-order valence-electron chi connectivity index (χ2n) is 30.0. The summed E-state index contributed by atoms with van der Waals surface area (Å²) in [5.41, 5.74) is 15.3. The molecule has 27 heteroatoms. The molecule has 0 aliphatic carbocycles. The van der Waals surface area contributed by atoms with Crippen LogP contribution in [0.2, 0.25) is 0 Å². The number of hydrogen-bond acceptors (Lipinski definition) is 16. The van der Waals surface area contributed by atoms with Crippen LogP contribution >= 0.6 is 31.9 Å². The molecule has 0 spiro atoms. The summed E-state index contributed by atoms with van der Waals surface area (Å²) >= 11 is 23.8. The van der Waals surface area contributed by atoms with Crippen LogP contribution in [-0.2, 0) is 98.8 Å². The average molecular weight is 1950 g/mol. The molecule has 126 heavy (non-hydrogen) atoms. The largest absolute Gasteiger partial charge is 0.282 e. The number of nitrogens with zero attached hydrogens (tertiary/aromatic N) is 14. The van der Waals surface area contributed by atoms with Gasteiger partial charge in [-0.2, -0.15) is 9.97 Å². The highest BCUT2D eigenvalue weighted by Gasteiger charge is 2.51. The van der Waals surface area contributed by atoms with E-state index in [9.17, 15) is 0 Å². The molecule has 21 aromatic rings. The predicted octanol–water partition coefficient (Wildman–Crippen LogP) is 26.2. The maximum Gasteiger partial charge on any atom is 0.282 e. The first-order chi connectivity index (χ1) is 61.7. The number of halogens is 2. The minimum absolute atomic E-state index is 0. The molecule has 1 fully saturated rings. The molecule has 1 aliphatic rings. The molecule has 0 radical (unpaired) electrons. The maximum absolute atomic E-state index is 5.99. The zero-order valence-electron chi connectivity index (χ0n) is 67.5. The van der Waals surface area contributed by atoms with Gasteiger partial charge in [0.1, 0.15) is 11.2 Å². The van der Waals surface area contributed by atoms with Crippen molar-refractivity contribution in [2.75, 3.05) is 5.23 Å². The fourth-order valence-corrected chi connectivity index (χ4v) is 24.4. The second-order valence-corrected chi connectivity index (χ2v) is 40.7. The Hall–Kier alpha value is -12.0. The van der Waals surface area contributed by atoms with Gasteiger partial charge in [0.25, 0.3) is 5.95 Å². The molecule has 628 valence electrons. The summed E-state index contributed by atoms with van der Waals surface area (Å²) in [6.07, 6.45) is 0. The third-order valence-corrected chi connectivity index (χ3v) is 31.7. The highest BCUT2D eigenvalue weighted by molar-refractivity contribution is 9.10. The lowest BCUT2D eigenvalue weighted by atomic mass is 9.90. The van der Waals surface area contributed by atoms with Gasteiger partial charge in [0, 0.05) is 194 Å². The normalized spacial score (nSPS) is 12.5. The number of fused-ring (bicyclic) bond motifs is 12. The average Bonchev–Trinajstić information content (AvgIpc) is 1.56. The van der Waals surface area contributed by atoms with E-state index < -0.39 is 11.2 Å². The van der Waals surface area contributed by atoms with E-state index in [2.05, 4.69) is 280 Å². The van der Waals surface area contributed by atoms with Gasteiger partial charge >= 0.3 is 0 Å². The molecule has 8 heterocycles. The monoisotopic (exact) mass is 1940 g/mol. The molecule has 1 saturated heterocycles. The van der Waals surface area contributed by atoms with Crippen LogP contribution in [0.15, 0.2) is 361 Å². The van der Waals surface area contributed by atoms with Crippen LogP contribution in [0, 0.1) is 0 Å². The van der Waals surface area contributed by atoms with Crippen molar-refractivity contribution in [2.45, 2.75) is 38.9 Å². The van der Waals surface area contributed by atoms with Crippen LogP contribution in [0.3, 0.4) is 0 Å². The third kappa shape index (κ3) is 17.2. The molecular weight excluding hydrogens is 1870 g/mol. The number of hydrogen-bond donors (Lipinski definition) is 0. The van der Waals surface area contributed by atoms with E-state index in [1.165, 1.54) is 66.6 Å². The zero-order chi connectivity index (χ0) is 86.4. The summed E-state index contributed by atoms with van der Waals surface area (Å²) in [6, 6.07) is 120. The SMILES string of the molecule is Brc1ccc2c(c1)c1ccccc1n2-n1c2ccccc2c2cc(Br)ccc21.CC1(C)ON(c2nc(-c3ccccc3)nc(-c3ccccc3)n2)OC1(C)C.S=S.S=S=S=S=S=S=S.[HH].[HH].[HH].[HH].[HH].[HH].c1ccc(-c2nc(-c3ccccc3)nc(-c3ccc4c(c3)c3ccccc3n4-n3c4ccccc4c4cc(-c5nc(-c6ccccc6)nc(-c6ccccc6)n5)ccc43)n2)cc1. The van der Waals surface area contributed by atoms with Crippen LogP contribution in [0.4, 0.5) is 5.95 Å². The highest BCUT2D eigenvalue weighted by atomic mass is 79.9. The van der Waals surface area contributed by atoms with Crippen molar-refractivity contribution in [3.63, 3.8) is 0 Å². The van der Waals surface area contributed by atoms with Crippen molar-refractivity contribution in [2.24, 2.45) is 0 Å². The molecule has 16 nitrogen and oxygen atoms in total. The second kappa shape index (κ2) is 37.6. The zero-order valence-corrected chi connectivity index (χ0v) is 78.0. The van der Waals surface area contributed by atoms with E-state index in [1.54, 1.807) is 26.6 Å². The number of anilines is 1.